The van der Waals surface area contributed by atoms with E-state index in [1.807, 2.05) is 30.3 Å². The van der Waals surface area contributed by atoms with E-state index in [4.69, 9.17) is 21.7 Å². The first-order valence-electron chi connectivity index (χ1n) is 9.71. The van der Waals surface area contributed by atoms with E-state index in [0.29, 0.717) is 35.3 Å². The molecule has 1 aliphatic heterocycles. The first kappa shape index (κ1) is 23.3. The summed E-state index contributed by atoms with van der Waals surface area (Å²) in [5.41, 5.74) is 1.58. The molecule has 1 saturated heterocycles. The van der Waals surface area contributed by atoms with Crippen molar-refractivity contribution in [2.75, 3.05) is 32.7 Å². The van der Waals surface area contributed by atoms with Gasteiger partial charge in [-0.3, -0.25) is 9.59 Å². The Morgan fingerprint density at radius 3 is 2.45 bits per heavy atom. The number of anilines is 1. The standard InChI is InChI=1S/C22H24IN3O4S/c1-24-22(31)25(11-10-14-4-9-18(29-2)19(12-14)30-3)17-13-20(27)26(21(17)28)16-7-5-15(23)6-8-16/h4-9,12,17H,10-11,13H2,1-3H3,(H,24,31)/t17-/m1/s1. The van der Waals surface area contributed by atoms with Crippen LogP contribution in [0.15, 0.2) is 42.5 Å². The Balaban J connectivity index is 1.79. The van der Waals surface area contributed by atoms with Crippen LogP contribution in [-0.2, 0) is 16.0 Å². The number of hydrogen-bond acceptors (Lipinski definition) is 5. The fourth-order valence-corrected chi connectivity index (χ4v) is 4.13. The second kappa shape index (κ2) is 10.3. The maximum absolute atomic E-state index is 13.2. The van der Waals surface area contributed by atoms with Gasteiger partial charge in [0.05, 0.1) is 26.3 Å². The summed E-state index contributed by atoms with van der Waals surface area (Å²) in [6, 6.07) is 12.4. The third kappa shape index (κ3) is 5.09. The van der Waals surface area contributed by atoms with Crippen molar-refractivity contribution in [1.29, 1.82) is 0 Å². The third-order valence-corrected chi connectivity index (χ3v) is 6.31. The van der Waals surface area contributed by atoms with Gasteiger partial charge in [-0.25, -0.2) is 4.90 Å². The summed E-state index contributed by atoms with van der Waals surface area (Å²) < 4.78 is 11.7. The number of methoxy groups -OCH3 is 2. The maximum atomic E-state index is 13.2. The molecule has 1 heterocycles. The van der Waals surface area contributed by atoms with Crippen molar-refractivity contribution in [3.05, 3.63) is 51.6 Å². The van der Waals surface area contributed by atoms with Crippen molar-refractivity contribution in [2.24, 2.45) is 0 Å². The molecule has 2 amide bonds. The van der Waals surface area contributed by atoms with Crippen LogP contribution in [-0.4, -0.2) is 55.7 Å². The van der Waals surface area contributed by atoms with Gasteiger partial charge in [-0.15, -0.1) is 0 Å². The lowest BCUT2D eigenvalue weighted by atomic mass is 10.1. The highest BCUT2D eigenvalue weighted by atomic mass is 127. The normalized spacial score (nSPS) is 15.7. The Morgan fingerprint density at radius 1 is 1.16 bits per heavy atom. The summed E-state index contributed by atoms with van der Waals surface area (Å²) in [7, 11) is 4.89. The molecule has 0 radical (unpaired) electrons. The number of thiocarbonyl (C=S) groups is 1. The van der Waals surface area contributed by atoms with Gasteiger partial charge in [-0.1, -0.05) is 6.07 Å². The SMILES string of the molecule is CNC(=S)N(CCc1ccc(OC)c(OC)c1)[C@@H]1CC(=O)N(c2ccc(I)cc2)C1=O. The monoisotopic (exact) mass is 553 g/mol. The van der Waals surface area contributed by atoms with E-state index in [-0.39, 0.29) is 18.2 Å². The van der Waals surface area contributed by atoms with Crippen LogP contribution in [0.4, 0.5) is 5.69 Å². The zero-order chi connectivity index (χ0) is 22.5. The minimum absolute atomic E-state index is 0.0819. The number of carbonyl (C=O) groups excluding carboxylic acids is 2. The average Bonchev–Trinajstić information content (AvgIpc) is 3.07. The predicted octanol–water partition coefficient (Wildman–Crippen LogP) is 2.99. The molecule has 31 heavy (non-hydrogen) atoms. The summed E-state index contributed by atoms with van der Waals surface area (Å²) in [4.78, 5) is 28.9. The minimum Gasteiger partial charge on any atom is -0.493 e. The van der Waals surface area contributed by atoms with Gasteiger partial charge < -0.3 is 19.7 Å². The Bertz CT molecular complexity index is 983. The van der Waals surface area contributed by atoms with E-state index in [1.165, 1.54) is 4.90 Å². The van der Waals surface area contributed by atoms with E-state index >= 15 is 0 Å². The van der Waals surface area contributed by atoms with Gasteiger partial charge >= 0.3 is 0 Å². The Hall–Kier alpha value is -2.40. The number of halogens is 1. The lowest BCUT2D eigenvalue weighted by Crippen LogP contribution is -2.49. The highest BCUT2D eigenvalue weighted by Crippen LogP contribution is 2.29. The molecule has 1 aliphatic rings. The third-order valence-electron chi connectivity index (χ3n) is 5.15. The topological polar surface area (TPSA) is 71.1 Å². The number of imide groups is 1. The first-order chi connectivity index (χ1) is 14.9. The molecule has 0 unspecified atom stereocenters. The Morgan fingerprint density at radius 2 is 1.84 bits per heavy atom. The molecule has 9 heteroatoms. The number of nitrogens with zero attached hydrogens (tertiary/aromatic N) is 2. The van der Waals surface area contributed by atoms with Crippen molar-refractivity contribution in [3.8, 4) is 11.5 Å². The number of rotatable bonds is 7. The number of nitrogens with one attached hydrogen (secondary N) is 1. The van der Waals surface area contributed by atoms with E-state index < -0.39 is 6.04 Å². The van der Waals surface area contributed by atoms with Crippen molar-refractivity contribution >= 4 is 57.4 Å². The molecule has 0 saturated carbocycles. The molecule has 1 N–H and O–H groups in total. The fraction of sp³-hybridized carbons (Fsp3) is 0.318. The van der Waals surface area contributed by atoms with Gasteiger partial charge in [-0.05, 0) is 83.2 Å². The highest BCUT2D eigenvalue weighted by molar-refractivity contribution is 14.1. The molecule has 2 aromatic carbocycles. The Labute approximate surface area is 200 Å². The zero-order valence-corrected chi connectivity index (χ0v) is 20.5. The predicted molar refractivity (Wildman–Crippen MR) is 132 cm³/mol. The van der Waals surface area contributed by atoms with Gasteiger partial charge in [-0.2, -0.15) is 0 Å². The molecule has 7 nitrogen and oxygen atoms in total. The van der Waals surface area contributed by atoms with E-state index in [2.05, 4.69) is 27.9 Å². The quantitative estimate of drug-likeness (QED) is 0.321. The van der Waals surface area contributed by atoms with Crippen LogP contribution in [0.5, 0.6) is 11.5 Å². The van der Waals surface area contributed by atoms with Crippen LogP contribution >= 0.6 is 34.8 Å². The maximum Gasteiger partial charge on any atom is 0.257 e. The number of benzene rings is 2. The molecule has 0 spiro atoms. The number of ether oxygens (including phenoxy) is 2. The fourth-order valence-electron chi connectivity index (χ4n) is 3.55. The van der Waals surface area contributed by atoms with Gasteiger partial charge in [0.2, 0.25) is 5.91 Å². The molecule has 1 fully saturated rings. The molecule has 3 rings (SSSR count). The summed E-state index contributed by atoms with van der Waals surface area (Å²) in [6.45, 7) is 0.472. The number of carbonyl (C=O) groups is 2. The summed E-state index contributed by atoms with van der Waals surface area (Å²) >= 11 is 7.65. The number of amides is 2. The molecule has 1 atom stereocenters. The second-order valence-electron chi connectivity index (χ2n) is 6.95. The molecule has 2 aromatic rings. The average molecular weight is 553 g/mol. The van der Waals surface area contributed by atoms with Crippen molar-refractivity contribution in [1.82, 2.24) is 10.2 Å². The largest absolute Gasteiger partial charge is 0.493 e. The zero-order valence-electron chi connectivity index (χ0n) is 17.6. The van der Waals surface area contributed by atoms with Gasteiger partial charge in [0.25, 0.3) is 5.91 Å². The molecule has 0 bridgehead atoms. The summed E-state index contributed by atoms with van der Waals surface area (Å²) in [6.07, 6.45) is 0.697. The van der Waals surface area contributed by atoms with Gasteiger partial charge in [0.15, 0.2) is 16.6 Å². The number of hydrogen-bond donors (Lipinski definition) is 1. The molecular formula is C22H24IN3O4S. The van der Waals surface area contributed by atoms with Crippen LogP contribution in [0.2, 0.25) is 0 Å². The smallest absolute Gasteiger partial charge is 0.257 e. The Kier molecular flexibility index (Phi) is 7.71. The lowest BCUT2D eigenvalue weighted by Gasteiger charge is -2.29. The van der Waals surface area contributed by atoms with Crippen LogP contribution in [0.1, 0.15) is 12.0 Å². The van der Waals surface area contributed by atoms with Crippen LogP contribution in [0, 0.1) is 3.57 Å². The van der Waals surface area contributed by atoms with Crippen LogP contribution in [0.25, 0.3) is 0 Å². The molecular weight excluding hydrogens is 529 g/mol. The molecule has 164 valence electrons. The minimum atomic E-state index is -0.646. The van der Waals surface area contributed by atoms with Crippen molar-refractivity contribution in [2.45, 2.75) is 18.9 Å². The van der Waals surface area contributed by atoms with Crippen LogP contribution < -0.4 is 19.7 Å². The second-order valence-corrected chi connectivity index (χ2v) is 8.58. The van der Waals surface area contributed by atoms with E-state index in [0.717, 1.165) is 9.13 Å². The van der Waals surface area contributed by atoms with Gasteiger partial charge in [0, 0.05) is 17.2 Å². The van der Waals surface area contributed by atoms with Crippen molar-refractivity contribution < 1.29 is 19.1 Å². The molecule has 0 aromatic heterocycles. The van der Waals surface area contributed by atoms with Crippen LogP contribution in [0.3, 0.4) is 0 Å². The molecule has 0 aliphatic carbocycles. The highest BCUT2D eigenvalue weighted by Gasteiger charge is 2.43. The van der Waals surface area contributed by atoms with Gasteiger partial charge in [0.1, 0.15) is 6.04 Å². The van der Waals surface area contributed by atoms with E-state index in [9.17, 15) is 9.59 Å². The lowest BCUT2D eigenvalue weighted by molar-refractivity contribution is -0.122. The first-order valence-corrected chi connectivity index (χ1v) is 11.2. The van der Waals surface area contributed by atoms with Crippen molar-refractivity contribution in [3.63, 3.8) is 0 Å². The summed E-state index contributed by atoms with van der Waals surface area (Å²) in [5.74, 6) is 0.792. The van der Waals surface area contributed by atoms with E-state index in [1.54, 1.807) is 38.3 Å². The summed E-state index contributed by atoms with van der Waals surface area (Å²) in [5, 5.41) is 3.37.